The van der Waals surface area contributed by atoms with Crippen LogP contribution in [0, 0.1) is 6.92 Å². The van der Waals surface area contributed by atoms with Crippen LogP contribution in [-0.2, 0) is 19.1 Å². The zero-order valence-electron chi connectivity index (χ0n) is 28.2. The first-order valence-electron chi connectivity index (χ1n) is 16.3. The van der Waals surface area contributed by atoms with E-state index in [2.05, 4.69) is 6.58 Å². The highest BCUT2D eigenvalue weighted by molar-refractivity contribution is 6.01. The number of fused-ring (bicyclic) bond motifs is 1. The standard InChI is InChI=1S/C40H40O10/c1-4-11-37(42)48-27-9-7-25-46-31-19-15-29(16-20-31)39(43)49-34-23-14-28(3)38-33(34)12-10-13-35(38)50-40(44)30-17-21-32(22-18-30)45-24-6-8-26-47-36(41)5-2/h4-5,10-23H,2,6-9,24-27H2,1,3H3. The van der Waals surface area contributed by atoms with Crippen molar-refractivity contribution >= 4 is 34.6 Å². The Bertz CT molecular complexity index is 1810. The Labute approximate surface area is 291 Å². The van der Waals surface area contributed by atoms with Crippen LogP contribution in [0.25, 0.3) is 10.8 Å². The maximum atomic E-state index is 13.1. The molecule has 10 heteroatoms. The highest BCUT2D eigenvalue weighted by atomic mass is 16.5. The lowest BCUT2D eigenvalue weighted by Crippen LogP contribution is -2.10. The summed E-state index contributed by atoms with van der Waals surface area (Å²) in [7, 11) is 0. The first-order chi connectivity index (χ1) is 24.3. The predicted octanol–water partition coefficient (Wildman–Crippen LogP) is 7.75. The minimum atomic E-state index is -0.551. The van der Waals surface area contributed by atoms with Crippen LogP contribution in [-0.4, -0.2) is 50.3 Å². The van der Waals surface area contributed by atoms with Gasteiger partial charge in [0.05, 0.1) is 37.6 Å². The summed E-state index contributed by atoms with van der Waals surface area (Å²) in [5.74, 6) is -0.0659. The van der Waals surface area contributed by atoms with Gasteiger partial charge in [-0.05, 0) is 106 Å². The van der Waals surface area contributed by atoms with Gasteiger partial charge in [0.1, 0.15) is 23.0 Å². The molecule has 0 saturated carbocycles. The topological polar surface area (TPSA) is 124 Å². The van der Waals surface area contributed by atoms with Crippen LogP contribution in [0.15, 0.2) is 104 Å². The number of hydrogen-bond donors (Lipinski definition) is 0. The lowest BCUT2D eigenvalue weighted by atomic mass is 10.0. The van der Waals surface area contributed by atoms with Crippen molar-refractivity contribution in [3.8, 4) is 23.0 Å². The molecule has 0 aliphatic rings. The maximum Gasteiger partial charge on any atom is 0.343 e. The summed E-state index contributed by atoms with van der Waals surface area (Å²) >= 11 is 0. The largest absolute Gasteiger partial charge is 0.494 e. The number of ether oxygens (including phenoxy) is 6. The predicted molar refractivity (Wildman–Crippen MR) is 188 cm³/mol. The molecule has 0 N–H and O–H groups in total. The molecule has 4 aromatic carbocycles. The smallest absolute Gasteiger partial charge is 0.343 e. The molecule has 0 heterocycles. The first kappa shape index (κ1) is 36.9. The second kappa shape index (κ2) is 19.2. The van der Waals surface area contributed by atoms with Gasteiger partial charge in [-0.2, -0.15) is 0 Å². The minimum Gasteiger partial charge on any atom is -0.494 e. The van der Waals surface area contributed by atoms with Crippen molar-refractivity contribution in [3.63, 3.8) is 0 Å². The van der Waals surface area contributed by atoms with E-state index in [1.807, 2.05) is 6.92 Å². The lowest BCUT2D eigenvalue weighted by molar-refractivity contribution is -0.138. The van der Waals surface area contributed by atoms with Gasteiger partial charge in [0.25, 0.3) is 0 Å². The van der Waals surface area contributed by atoms with Gasteiger partial charge in [0, 0.05) is 22.9 Å². The van der Waals surface area contributed by atoms with Crippen molar-refractivity contribution in [1.29, 1.82) is 0 Å². The molecule has 0 saturated heterocycles. The van der Waals surface area contributed by atoms with Crippen LogP contribution in [0.1, 0.15) is 58.9 Å². The molecule has 50 heavy (non-hydrogen) atoms. The number of rotatable bonds is 18. The van der Waals surface area contributed by atoms with Crippen LogP contribution < -0.4 is 18.9 Å². The van der Waals surface area contributed by atoms with E-state index in [4.69, 9.17) is 28.4 Å². The number of carbonyl (C=O) groups is 4. The molecule has 0 aliphatic carbocycles. The molecular formula is C40H40O10. The molecule has 0 radical (unpaired) electrons. The fourth-order valence-corrected chi connectivity index (χ4v) is 4.76. The van der Waals surface area contributed by atoms with E-state index < -0.39 is 17.9 Å². The SMILES string of the molecule is C=CC(=O)OCCCCOc1ccc(C(=O)Oc2cccc3c(OC(=O)c4ccc(OCCCCOC(=O)C=CC)cc4)ccc(C)c23)cc1. The quantitative estimate of drug-likeness (QED) is 0.0446. The summed E-state index contributed by atoms with van der Waals surface area (Å²) in [5.41, 5.74) is 1.51. The summed E-state index contributed by atoms with van der Waals surface area (Å²) in [4.78, 5) is 48.6. The third-order valence-corrected chi connectivity index (χ3v) is 7.33. The van der Waals surface area contributed by atoms with Gasteiger partial charge in [-0.25, -0.2) is 19.2 Å². The van der Waals surface area contributed by atoms with Gasteiger partial charge in [-0.3, -0.25) is 0 Å². The van der Waals surface area contributed by atoms with Crippen molar-refractivity contribution in [1.82, 2.24) is 0 Å². The van der Waals surface area contributed by atoms with Gasteiger partial charge in [-0.15, -0.1) is 0 Å². The molecule has 0 aliphatic heterocycles. The number of esters is 4. The Morgan fingerprint density at radius 1 is 0.620 bits per heavy atom. The molecule has 0 atom stereocenters. The molecule has 0 spiro atoms. The Morgan fingerprint density at radius 3 is 1.68 bits per heavy atom. The molecular weight excluding hydrogens is 640 g/mol. The Balaban J connectivity index is 1.31. The molecule has 0 bridgehead atoms. The molecule has 0 fully saturated rings. The molecule has 0 unspecified atom stereocenters. The fourth-order valence-electron chi connectivity index (χ4n) is 4.76. The van der Waals surface area contributed by atoms with Gasteiger partial charge in [0.2, 0.25) is 0 Å². The van der Waals surface area contributed by atoms with E-state index in [-0.39, 0.29) is 5.97 Å². The molecule has 0 aromatic heterocycles. The molecule has 10 nitrogen and oxygen atoms in total. The Morgan fingerprint density at radius 2 is 1.14 bits per heavy atom. The maximum absolute atomic E-state index is 13.1. The fraction of sp³-hybridized carbons (Fsp3) is 0.250. The van der Waals surface area contributed by atoms with Crippen LogP contribution >= 0.6 is 0 Å². The second-order valence-corrected chi connectivity index (χ2v) is 11.0. The molecule has 4 aromatic rings. The van der Waals surface area contributed by atoms with Crippen LogP contribution in [0.2, 0.25) is 0 Å². The first-order valence-corrected chi connectivity index (χ1v) is 16.3. The van der Waals surface area contributed by atoms with Crippen molar-refractivity contribution in [2.45, 2.75) is 39.5 Å². The summed E-state index contributed by atoms with van der Waals surface area (Å²) in [6.45, 7) is 8.47. The number of allylic oxidation sites excluding steroid dienone is 1. The van der Waals surface area contributed by atoms with Gasteiger partial charge >= 0.3 is 23.9 Å². The van der Waals surface area contributed by atoms with Gasteiger partial charge < -0.3 is 28.4 Å². The number of aryl methyl sites for hydroxylation is 1. The van der Waals surface area contributed by atoms with E-state index in [1.54, 1.807) is 91.9 Å². The van der Waals surface area contributed by atoms with Crippen LogP contribution in [0.3, 0.4) is 0 Å². The van der Waals surface area contributed by atoms with E-state index in [9.17, 15) is 19.2 Å². The lowest BCUT2D eigenvalue weighted by Gasteiger charge is -2.14. The number of hydrogen-bond acceptors (Lipinski definition) is 10. The van der Waals surface area contributed by atoms with E-state index in [1.165, 1.54) is 6.08 Å². The van der Waals surface area contributed by atoms with Crippen molar-refractivity contribution in [3.05, 3.63) is 120 Å². The summed E-state index contributed by atoms with van der Waals surface area (Å²) in [6, 6.07) is 22.0. The highest BCUT2D eigenvalue weighted by Gasteiger charge is 2.17. The number of unbranched alkanes of at least 4 members (excludes halogenated alkanes) is 2. The van der Waals surface area contributed by atoms with Gasteiger partial charge in [-0.1, -0.05) is 30.9 Å². The minimum absolute atomic E-state index is 0.295. The average Bonchev–Trinajstić information content (AvgIpc) is 3.12. The van der Waals surface area contributed by atoms with E-state index >= 15 is 0 Å². The molecule has 0 amide bonds. The van der Waals surface area contributed by atoms with E-state index in [0.29, 0.717) is 97.0 Å². The van der Waals surface area contributed by atoms with Crippen LogP contribution in [0.4, 0.5) is 0 Å². The molecule has 4 rings (SSSR count). The summed E-state index contributed by atoms with van der Waals surface area (Å²) in [6.07, 6.45) is 6.84. The second-order valence-electron chi connectivity index (χ2n) is 11.0. The average molecular weight is 681 g/mol. The monoisotopic (exact) mass is 680 g/mol. The van der Waals surface area contributed by atoms with Gasteiger partial charge in [0.15, 0.2) is 0 Å². The van der Waals surface area contributed by atoms with Crippen molar-refractivity contribution < 1.29 is 47.6 Å². The van der Waals surface area contributed by atoms with Crippen molar-refractivity contribution in [2.24, 2.45) is 0 Å². The van der Waals surface area contributed by atoms with E-state index in [0.717, 1.165) is 11.6 Å². The number of benzene rings is 4. The Hall–Kier alpha value is -5.90. The summed E-state index contributed by atoms with van der Waals surface area (Å²) < 4.78 is 33.1. The summed E-state index contributed by atoms with van der Waals surface area (Å²) in [5, 5.41) is 1.26. The molecule has 260 valence electrons. The number of carbonyl (C=O) groups excluding carboxylic acids is 4. The normalized spacial score (nSPS) is 10.8. The highest BCUT2D eigenvalue weighted by Crippen LogP contribution is 2.36. The Kier molecular flexibility index (Phi) is 14.2. The third kappa shape index (κ3) is 11.1. The zero-order valence-corrected chi connectivity index (χ0v) is 28.2. The van der Waals surface area contributed by atoms with Crippen LogP contribution in [0.5, 0.6) is 23.0 Å². The third-order valence-electron chi connectivity index (χ3n) is 7.33. The zero-order chi connectivity index (χ0) is 35.7. The van der Waals surface area contributed by atoms with Crippen molar-refractivity contribution in [2.75, 3.05) is 26.4 Å².